The molecule has 1 N–H and O–H groups in total. The molecule has 20 heavy (non-hydrogen) atoms. The molecule has 6 nitrogen and oxygen atoms in total. The van der Waals surface area contributed by atoms with Crippen molar-refractivity contribution in [2.24, 2.45) is 0 Å². The van der Waals surface area contributed by atoms with Crippen molar-refractivity contribution < 1.29 is 9.53 Å². The van der Waals surface area contributed by atoms with Gasteiger partial charge >= 0.3 is 5.97 Å². The highest BCUT2D eigenvalue weighted by molar-refractivity contribution is 5.85. The summed E-state index contributed by atoms with van der Waals surface area (Å²) < 4.78 is 6.43. The van der Waals surface area contributed by atoms with Gasteiger partial charge in [-0.1, -0.05) is 29.8 Å². The van der Waals surface area contributed by atoms with Gasteiger partial charge in [0.15, 0.2) is 0 Å². The molecule has 0 aliphatic carbocycles. The van der Waals surface area contributed by atoms with Crippen LogP contribution in [0.4, 0.5) is 5.95 Å². The fourth-order valence-corrected chi connectivity index (χ4v) is 2.38. The predicted octanol–water partition coefficient (Wildman–Crippen LogP) is 1.78. The highest BCUT2D eigenvalue weighted by atomic mass is 16.5. The molecule has 0 saturated heterocycles. The van der Waals surface area contributed by atoms with Gasteiger partial charge in [0.2, 0.25) is 5.95 Å². The summed E-state index contributed by atoms with van der Waals surface area (Å²) in [6, 6.07) is 8.44. The summed E-state index contributed by atoms with van der Waals surface area (Å²) in [5.41, 5.74) is 2.39. The molecular weight excluding hydrogens is 256 g/mol. The third-order valence-corrected chi connectivity index (χ3v) is 3.46. The predicted molar refractivity (Wildman–Crippen MR) is 73.8 cm³/mol. The van der Waals surface area contributed by atoms with Gasteiger partial charge in [-0.2, -0.15) is 4.98 Å². The number of aryl methyl sites for hydroxylation is 1. The molecule has 1 atom stereocenters. The first-order valence-electron chi connectivity index (χ1n) is 6.54. The fraction of sp³-hybridized carbons (Fsp3) is 0.357. The summed E-state index contributed by atoms with van der Waals surface area (Å²) in [5, 5.41) is 7.42. The SMILES string of the molecule is COC(=O)c1nc2n(n1)C(c1ccc(C)cc1)CCN2. The molecule has 0 bridgehead atoms. The summed E-state index contributed by atoms with van der Waals surface area (Å²) in [7, 11) is 1.33. The summed E-state index contributed by atoms with van der Waals surface area (Å²) in [6.07, 6.45) is 0.903. The Hall–Kier alpha value is -2.37. The van der Waals surface area contributed by atoms with Crippen LogP contribution in [0.25, 0.3) is 0 Å². The van der Waals surface area contributed by atoms with Crippen LogP contribution in [0, 0.1) is 6.92 Å². The third kappa shape index (κ3) is 2.13. The normalized spacial score (nSPS) is 17.2. The van der Waals surface area contributed by atoms with E-state index < -0.39 is 5.97 Å². The van der Waals surface area contributed by atoms with E-state index in [2.05, 4.69) is 51.3 Å². The van der Waals surface area contributed by atoms with Crippen LogP contribution in [0.15, 0.2) is 24.3 Å². The Morgan fingerprint density at radius 3 is 2.85 bits per heavy atom. The number of ether oxygens (including phenoxy) is 1. The van der Waals surface area contributed by atoms with E-state index in [0.29, 0.717) is 5.95 Å². The number of carbonyl (C=O) groups is 1. The second-order valence-corrected chi connectivity index (χ2v) is 4.84. The van der Waals surface area contributed by atoms with Gasteiger partial charge in [-0.25, -0.2) is 9.48 Å². The van der Waals surface area contributed by atoms with Crippen molar-refractivity contribution >= 4 is 11.9 Å². The smallest absolute Gasteiger partial charge is 0.378 e. The van der Waals surface area contributed by atoms with Crippen molar-refractivity contribution in [2.45, 2.75) is 19.4 Å². The minimum atomic E-state index is -0.517. The summed E-state index contributed by atoms with van der Waals surface area (Å²) in [6.45, 7) is 2.86. The van der Waals surface area contributed by atoms with Crippen molar-refractivity contribution in [3.8, 4) is 0 Å². The van der Waals surface area contributed by atoms with E-state index in [1.54, 1.807) is 4.68 Å². The number of fused-ring (bicyclic) bond motifs is 1. The first kappa shape index (κ1) is 12.7. The van der Waals surface area contributed by atoms with E-state index in [9.17, 15) is 4.79 Å². The lowest BCUT2D eigenvalue weighted by Gasteiger charge is -2.24. The third-order valence-electron chi connectivity index (χ3n) is 3.46. The Labute approximate surface area is 116 Å². The van der Waals surface area contributed by atoms with E-state index in [1.807, 2.05) is 0 Å². The average molecular weight is 272 g/mol. The Morgan fingerprint density at radius 2 is 2.15 bits per heavy atom. The first-order valence-corrected chi connectivity index (χ1v) is 6.54. The molecule has 6 heteroatoms. The van der Waals surface area contributed by atoms with E-state index in [1.165, 1.54) is 18.2 Å². The molecule has 0 saturated carbocycles. The Morgan fingerprint density at radius 1 is 1.40 bits per heavy atom. The number of benzene rings is 1. The number of esters is 1. The van der Waals surface area contributed by atoms with Gasteiger partial charge < -0.3 is 10.1 Å². The molecule has 0 radical (unpaired) electrons. The summed E-state index contributed by atoms with van der Waals surface area (Å²) >= 11 is 0. The van der Waals surface area contributed by atoms with Gasteiger partial charge in [0.05, 0.1) is 13.2 Å². The first-order chi connectivity index (χ1) is 9.69. The maximum absolute atomic E-state index is 11.5. The van der Waals surface area contributed by atoms with E-state index >= 15 is 0 Å². The van der Waals surface area contributed by atoms with Gasteiger partial charge in [0.1, 0.15) is 0 Å². The van der Waals surface area contributed by atoms with Crippen LogP contribution in [0.5, 0.6) is 0 Å². The van der Waals surface area contributed by atoms with Gasteiger partial charge in [-0.15, -0.1) is 5.10 Å². The van der Waals surface area contributed by atoms with Crippen LogP contribution < -0.4 is 5.32 Å². The Balaban J connectivity index is 1.99. The number of carbonyl (C=O) groups excluding carboxylic acids is 1. The van der Waals surface area contributed by atoms with Crippen LogP contribution in [0.3, 0.4) is 0 Å². The van der Waals surface area contributed by atoms with Crippen molar-refractivity contribution in [1.29, 1.82) is 0 Å². The van der Waals surface area contributed by atoms with Crippen molar-refractivity contribution in [3.05, 3.63) is 41.2 Å². The maximum Gasteiger partial charge on any atom is 0.378 e. The molecule has 1 aromatic heterocycles. The van der Waals surface area contributed by atoms with Gasteiger partial charge in [0, 0.05) is 6.54 Å². The Bertz CT molecular complexity index is 633. The van der Waals surface area contributed by atoms with E-state index in [4.69, 9.17) is 0 Å². The van der Waals surface area contributed by atoms with Crippen molar-refractivity contribution in [1.82, 2.24) is 14.8 Å². The largest absolute Gasteiger partial charge is 0.463 e. The van der Waals surface area contributed by atoms with Crippen molar-refractivity contribution in [2.75, 3.05) is 19.0 Å². The molecule has 3 rings (SSSR count). The molecule has 0 fully saturated rings. The molecule has 104 valence electrons. The molecule has 0 spiro atoms. The second-order valence-electron chi connectivity index (χ2n) is 4.84. The number of nitrogens with one attached hydrogen (secondary N) is 1. The molecular formula is C14H16N4O2. The minimum absolute atomic E-state index is 0.0917. The van der Waals surface area contributed by atoms with Crippen LogP contribution in [-0.2, 0) is 4.74 Å². The van der Waals surface area contributed by atoms with Gasteiger partial charge in [-0.3, -0.25) is 0 Å². The number of anilines is 1. The highest BCUT2D eigenvalue weighted by Crippen LogP contribution is 2.28. The van der Waals surface area contributed by atoms with E-state index in [-0.39, 0.29) is 11.9 Å². The molecule has 1 aliphatic rings. The van der Waals surface area contributed by atoms with Crippen molar-refractivity contribution in [3.63, 3.8) is 0 Å². The number of rotatable bonds is 2. The lowest BCUT2D eigenvalue weighted by atomic mass is 10.0. The van der Waals surface area contributed by atoms with Gasteiger partial charge in [-0.05, 0) is 18.9 Å². The van der Waals surface area contributed by atoms with Crippen LogP contribution >= 0.6 is 0 Å². The second kappa shape index (κ2) is 4.96. The van der Waals surface area contributed by atoms with E-state index in [0.717, 1.165) is 13.0 Å². The lowest BCUT2D eigenvalue weighted by molar-refractivity contribution is 0.0586. The quantitative estimate of drug-likeness (QED) is 0.844. The molecule has 1 unspecified atom stereocenters. The monoisotopic (exact) mass is 272 g/mol. The average Bonchev–Trinajstić information content (AvgIpc) is 2.91. The van der Waals surface area contributed by atoms with Crippen LogP contribution in [0.2, 0.25) is 0 Å². The number of methoxy groups -OCH3 is 1. The summed E-state index contributed by atoms with van der Waals surface area (Å²) in [5.74, 6) is 0.188. The standard InChI is InChI=1S/C14H16N4O2/c1-9-3-5-10(6-4-9)11-7-8-15-14-16-12(13(19)20-2)17-18(11)14/h3-6,11H,7-8H2,1-2H3,(H,15,16,17). The maximum atomic E-state index is 11.5. The lowest BCUT2D eigenvalue weighted by Crippen LogP contribution is -2.24. The topological polar surface area (TPSA) is 69.0 Å². The number of hydrogen-bond donors (Lipinski definition) is 1. The zero-order valence-corrected chi connectivity index (χ0v) is 11.5. The zero-order valence-electron chi connectivity index (χ0n) is 11.5. The highest BCUT2D eigenvalue weighted by Gasteiger charge is 2.26. The molecule has 1 aliphatic heterocycles. The van der Waals surface area contributed by atoms with Crippen LogP contribution in [0.1, 0.15) is 34.2 Å². The molecule has 2 heterocycles. The number of aromatic nitrogens is 3. The Kier molecular flexibility index (Phi) is 3.14. The minimum Gasteiger partial charge on any atom is -0.463 e. The number of nitrogens with zero attached hydrogens (tertiary/aromatic N) is 3. The zero-order chi connectivity index (χ0) is 14.1. The van der Waals surface area contributed by atoms with Crippen LogP contribution in [-0.4, -0.2) is 34.4 Å². The summed E-state index contributed by atoms with van der Waals surface area (Å²) in [4.78, 5) is 15.7. The molecule has 0 amide bonds. The molecule has 2 aromatic rings. The fourth-order valence-electron chi connectivity index (χ4n) is 2.38. The molecule has 1 aromatic carbocycles. The van der Waals surface area contributed by atoms with Gasteiger partial charge in [0.25, 0.3) is 5.82 Å². The number of hydrogen-bond acceptors (Lipinski definition) is 5.